The molecule has 2 atom stereocenters. The van der Waals surface area contributed by atoms with Gasteiger partial charge in [0, 0.05) is 23.6 Å². The Kier molecular flexibility index (Phi) is 4.74. The van der Waals surface area contributed by atoms with E-state index < -0.39 is 0 Å². The Morgan fingerprint density at radius 2 is 2.06 bits per heavy atom. The van der Waals surface area contributed by atoms with Gasteiger partial charge < -0.3 is 5.32 Å². The zero-order valence-corrected chi connectivity index (χ0v) is 12.6. The van der Waals surface area contributed by atoms with Crippen LogP contribution in [0.5, 0.6) is 0 Å². The number of rotatable bonds is 4. The molecule has 0 bridgehead atoms. The summed E-state index contributed by atoms with van der Waals surface area (Å²) in [6.07, 6.45) is 0.907. The van der Waals surface area contributed by atoms with Crippen LogP contribution < -0.4 is 5.32 Å². The summed E-state index contributed by atoms with van der Waals surface area (Å²) >= 11 is 3.49. The van der Waals surface area contributed by atoms with Crippen molar-refractivity contribution in [1.29, 1.82) is 0 Å². The van der Waals surface area contributed by atoms with E-state index in [-0.39, 0.29) is 11.9 Å². The second-order valence-corrected chi connectivity index (χ2v) is 6.12. The van der Waals surface area contributed by atoms with Gasteiger partial charge in [-0.25, -0.2) is 0 Å². The van der Waals surface area contributed by atoms with Crippen LogP contribution in [-0.2, 0) is 7.05 Å². The molecule has 1 N–H and O–H groups in total. The van der Waals surface area contributed by atoms with Crippen LogP contribution in [0.1, 0.15) is 42.0 Å². The van der Waals surface area contributed by atoms with Crippen LogP contribution >= 0.6 is 15.9 Å². The van der Waals surface area contributed by atoms with Crippen molar-refractivity contribution in [2.24, 2.45) is 7.05 Å². The summed E-state index contributed by atoms with van der Waals surface area (Å²) in [5.41, 5.74) is 2.38. The molecule has 0 saturated carbocycles. The number of aromatic nitrogens is 2. The van der Waals surface area contributed by atoms with E-state index in [9.17, 15) is 4.79 Å². The van der Waals surface area contributed by atoms with Gasteiger partial charge in [-0.2, -0.15) is 5.10 Å². The molecular weight excluding hydrogens is 282 g/mol. The number of amides is 1. The Bertz CT molecular complexity index is 412. The van der Waals surface area contributed by atoms with Gasteiger partial charge in [0.25, 0.3) is 5.91 Å². The number of carbonyl (C=O) groups excluding carboxylic acids is 1. The van der Waals surface area contributed by atoms with Crippen LogP contribution in [0.3, 0.4) is 0 Å². The minimum atomic E-state index is -0.0336. The van der Waals surface area contributed by atoms with Crippen LogP contribution in [0.4, 0.5) is 0 Å². The molecule has 4 nitrogen and oxygen atoms in total. The summed E-state index contributed by atoms with van der Waals surface area (Å²) in [5, 5.41) is 7.25. The van der Waals surface area contributed by atoms with E-state index in [0.717, 1.165) is 17.8 Å². The normalized spacial score (nSPS) is 14.5. The number of carbonyl (C=O) groups is 1. The first kappa shape index (κ1) is 14.2. The van der Waals surface area contributed by atoms with Crippen molar-refractivity contribution in [2.45, 2.75) is 45.0 Å². The maximum Gasteiger partial charge on any atom is 0.255 e. The first-order chi connectivity index (χ1) is 7.82. The Hall–Kier alpha value is -0.840. The summed E-state index contributed by atoms with van der Waals surface area (Å²) in [6.45, 7) is 7.85. The lowest BCUT2D eigenvalue weighted by Crippen LogP contribution is -2.34. The SMILES string of the molecule is Cc1nn(C)c(C)c1C(=O)NC(C)CC(C)Br. The largest absolute Gasteiger partial charge is 0.349 e. The molecule has 1 heterocycles. The predicted molar refractivity (Wildman–Crippen MR) is 72.6 cm³/mol. The highest BCUT2D eigenvalue weighted by Gasteiger charge is 2.19. The Balaban J connectivity index is 2.76. The Morgan fingerprint density at radius 3 is 2.47 bits per heavy atom. The van der Waals surface area contributed by atoms with Crippen molar-refractivity contribution in [1.82, 2.24) is 15.1 Å². The second-order valence-electron chi connectivity index (χ2n) is 4.56. The third-order valence-electron chi connectivity index (χ3n) is 2.79. The van der Waals surface area contributed by atoms with Gasteiger partial charge >= 0.3 is 0 Å². The fraction of sp³-hybridized carbons (Fsp3) is 0.667. The molecule has 0 spiro atoms. The lowest BCUT2D eigenvalue weighted by molar-refractivity contribution is 0.0937. The number of halogens is 1. The third-order valence-corrected chi connectivity index (χ3v) is 3.17. The number of aryl methyl sites for hydroxylation is 2. The average Bonchev–Trinajstić information content (AvgIpc) is 2.39. The minimum absolute atomic E-state index is 0.0336. The summed E-state index contributed by atoms with van der Waals surface area (Å²) in [7, 11) is 1.85. The van der Waals surface area contributed by atoms with Crippen LogP contribution in [0.2, 0.25) is 0 Å². The van der Waals surface area contributed by atoms with E-state index in [4.69, 9.17) is 0 Å². The zero-order valence-electron chi connectivity index (χ0n) is 11.0. The molecule has 5 heteroatoms. The number of hydrogen-bond acceptors (Lipinski definition) is 2. The zero-order chi connectivity index (χ0) is 13.2. The van der Waals surface area contributed by atoms with Gasteiger partial charge in [0.2, 0.25) is 0 Å². The van der Waals surface area contributed by atoms with Crippen molar-refractivity contribution >= 4 is 21.8 Å². The van der Waals surface area contributed by atoms with E-state index in [0.29, 0.717) is 10.4 Å². The van der Waals surface area contributed by atoms with Crippen molar-refractivity contribution < 1.29 is 4.79 Å². The molecular formula is C12H20BrN3O. The maximum absolute atomic E-state index is 12.1. The molecule has 96 valence electrons. The molecule has 1 aromatic rings. The van der Waals surface area contributed by atoms with Crippen molar-refractivity contribution in [3.05, 3.63) is 17.0 Å². The van der Waals surface area contributed by atoms with Gasteiger partial charge in [0.15, 0.2) is 0 Å². The van der Waals surface area contributed by atoms with Gasteiger partial charge in [0.05, 0.1) is 11.3 Å². The number of nitrogens with zero attached hydrogens (tertiary/aromatic N) is 2. The van der Waals surface area contributed by atoms with Crippen LogP contribution in [0.15, 0.2) is 0 Å². The average molecular weight is 302 g/mol. The lowest BCUT2D eigenvalue weighted by Gasteiger charge is -2.15. The van der Waals surface area contributed by atoms with Crippen LogP contribution in [0.25, 0.3) is 0 Å². The quantitative estimate of drug-likeness (QED) is 0.868. The monoisotopic (exact) mass is 301 g/mol. The molecule has 0 aromatic carbocycles. The number of alkyl halides is 1. The van der Waals surface area contributed by atoms with Crippen molar-refractivity contribution in [3.8, 4) is 0 Å². The van der Waals surface area contributed by atoms with Gasteiger partial charge in [-0.15, -0.1) is 0 Å². The van der Waals surface area contributed by atoms with E-state index in [1.54, 1.807) is 4.68 Å². The molecule has 0 aliphatic rings. The first-order valence-corrected chi connectivity index (χ1v) is 6.69. The van der Waals surface area contributed by atoms with Gasteiger partial charge in [-0.05, 0) is 27.2 Å². The molecule has 0 radical (unpaired) electrons. The van der Waals surface area contributed by atoms with E-state index in [1.165, 1.54) is 0 Å². The highest BCUT2D eigenvalue weighted by Crippen LogP contribution is 2.13. The topological polar surface area (TPSA) is 46.9 Å². The lowest BCUT2D eigenvalue weighted by atomic mass is 10.1. The van der Waals surface area contributed by atoms with Crippen LogP contribution in [0, 0.1) is 13.8 Å². The van der Waals surface area contributed by atoms with Gasteiger partial charge in [-0.3, -0.25) is 9.48 Å². The summed E-state index contributed by atoms with van der Waals surface area (Å²) in [4.78, 5) is 12.5. The second kappa shape index (κ2) is 5.67. The summed E-state index contributed by atoms with van der Waals surface area (Å²) < 4.78 is 1.74. The van der Waals surface area contributed by atoms with Gasteiger partial charge in [-0.1, -0.05) is 22.9 Å². The molecule has 0 aliphatic heterocycles. The molecule has 0 aliphatic carbocycles. The number of hydrogen-bond donors (Lipinski definition) is 1. The molecule has 2 unspecified atom stereocenters. The van der Waals surface area contributed by atoms with Gasteiger partial charge in [0.1, 0.15) is 0 Å². The Morgan fingerprint density at radius 1 is 1.47 bits per heavy atom. The smallest absolute Gasteiger partial charge is 0.255 e. The molecule has 1 aromatic heterocycles. The number of nitrogens with one attached hydrogen (secondary N) is 1. The van der Waals surface area contributed by atoms with Crippen LogP contribution in [-0.4, -0.2) is 26.6 Å². The molecule has 1 amide bonds. The molecule has 0 saturated heterocycles. The summed E-state index contributed by atoms with van der Waals surface area (Å²) in [6, 6.07) is 0.149. The fourth-order valence-corrected chi connectivity index (χ4v) is 2.51. The third kappa shape index (κ3) is 3.56. The van der Waals surface area contributed by atoms with Crippen molar-refractivity contribution in [2.75, 3.05) is 0 Å². The predicted octanol–water partition coefficient (Wildman–Crippen LogP) is 2.33. The first-order valence-electron chi connectivity index (χ1n) is 5.78. The highest BCUT2D eigenvalue weighted by atomic mass is 79.9. The molecule has 17 heavy (non-hydrogen) atoms. The van der Waals surface area contributed by atoms with E-state index in [1.807, 2.05) is 27.8 Å². The standard InChI is InChI=1S/C12H20BrN3O/c1-7(13)6-8(2)14-12(17)11-9(3)15-16(5)10(11)4/h7-8H,6H2,1-5H3,(H,14,17). The Labute approximate surface area is 111 Å². The maximum atomic E-state index is 12.1. The van der Waals surface area contributed by atoms with E-state index >= 15 is 0 Å². The fourth-order valence-electron chi connectivity index (χ4n) is 1.94. The summed E-state index contributed by atoms with van der Waals surface area (Å²) in [5.74, 6) is -0.0336. The van der Waals surface area contributed by atoms with E-state index in [2.05, 4.69) is 33.3 Å². The van der Waals surface area contributed by atoms with Crippen molar-refractivity contribution in [3.63, 3.8) is 0 Å². The minimum Gasteiger partial charge on any atom is -0.349 e. The molecule has 1 rings (SSSR count). The highest BCUT2D eigenvalue weighted by molar-refractivity contribution is 9.09. The molecule has 0 fully saturated rings.